The summed E-state index contributed by atoms with van der Waals surface area (Å²) in [5.74, 6) is 1.90. The summed E-state index contributed by atoms with van der Waals surface area (Å²) in [6, 6.07) is 19.3. The molecule has 0 unspecified atom stereocenters. The molecule has 2 aromatic carbocycles. The van der Waals surface area contributed by atoms with Crippen molar-refractivity contribution in [2.75, 3.05) is 20.2 Å². The fraction of sp³-hybridized carbons (Fsp3) is 0.458. The van der Waals surface area contributed by atoms with Crippen molar-refractivity contribution in [1.29, 1.82) is 0 Å². The van der Waals surface area contributed by atoms with E-state index in [0.29, 0.717) is 6.04 Å². The molecule has 0 radical (unpaired) electrons. The van der Waals surface area contributed by atoms with Crippen LogP contribution in [0.15, 0.2) is 54.6 Å². The van der Waals surface area contributed by atoms with Crippen molar-refractivity contribution >= 4 is 5.91 Å². The second kappa shape index (κ2) is 8.78. The lowest BCUT2D eigenvalue weighted by molar-refractivity contribution is -0.127. The van der Waals surface area contributed by atoms with Gasteiger partial charge in [0, 0.05) is 25.7 Å². The van der Waals surface area contributed by atoms with Crippen molar-refractivity contribution in [3.63, 3.8) is 0 Å². The molecular formula is C24H30N2O2. The van der Waals surface area contributed by atoms with Gasteiger partial charge in [-0.25, -0.2) is 0 Å². The summed E-state index contributed by atoms with van der Waals surface area (Å²) in [5.41, 5.74) is 2.56. The zero-order chi connectivity index (χ0) is 19.3. The van der Waals surface area contributed by atoms with E-state index in [1.165, 1.54) is 24.0 Å². The standard InChI is InChI=1S/C24H30N2O2/c1-28-22-9-5-6-19(14-22)16-26-17-21(24(27)25-15-18-10-11-18)12-13-23(26)20-7-3-2-4-8-20/h2-9,14,18,21,23H,10-13,15-17H2,1H3,(H,25,27)/t21-,23-/m0/s1. The molecule has 1 saturated carbocycles. The molecule has 1 N–H and O–H groups in total. The largest absolute Gasteiger partial charge is 0.497 e. The highest BCUT2D eigenvalue weighted by molar-refractivity contribution is 5.79. The first kappa shape index (κ1) is 19.0. The van der Waals surface area contributed by atoms with Crippen molar-refractivity contribution in [3.05, 3.63) is 65.7 Å². The van der Waals surface area contributed by atoms with Crippen LogP contribution in [0.5, 0.6) is 5.75 Å². The molecule has 4 heteroatoms. The number of ether oxygens (including phenoxy) is 1. The Kier molecular flexibility index (Phi) is 5.96. The van der Waals surface area contributed by atoms with Gasteiger partial charge in [0.25, 0.3) is 0 Å². The van der Waals surface area contributed by atoms with Gasteiger partial charge in [0.05, 0.1) is 13.0 Å². The van der Waals surface area contributed by atoms with Gasteiger partial charge in [0.1, 0.15) is 5.75 Å². The Bertz CT molecular complexity index is 788. The van der Waals surface area contributed by atoms with Crippen molar-refractivity contribution in [3.8, 4) is 5.75 Å². The van der Waals surface area contributed by atoms with E-state index in [9.17, 15) is 4.79 Å². The lowest BCUT2D eigenvalue weighted by atomic mass is 9.88. The monoisotopic (exact) mass is 378 g/mol. The van der Waals surface area contributed by atoms with Gasteiger partial charge in [-0.3, -0.25) is 9.69 Å². The lowest BCUT2D eigenvalue weighted by Crippen LogP contribution is -2.44. The number of likely N-dealkylation sites (tertiary alicyclic amines) is 1. The lowest BCUT2D eigenvalue weighted by Gasteiger charge is -2.39. The summed E-state index contributed by atoms with van der Waals surface area (Å²) in [6.45, 7) is 2.48. The van der Waals surface area contributed by atoms with Crippen molar-refractivity contribution in [2.24, 2.45) is 11.8 Å². The van der Waals surface area contributed by atoms with Crippen LogP contribution in [0.2, 0.25) is 0 Å². The van der Waals surface area contributed by atoms with Crippen LogP contribution in [0, 0.1) is 11.8 Å². The summed E-state index contributed by atoms with van der Waals surface area (Å²) in [5, 5.41) is 3.19. The molecule has 1 amide bonds. The maximum Gasteiger partial charge on any atom is 0.224 e. The van der Waals surface area contributed by atoms with Gasteiger partial charge in [0.2, 0.25) is 5.91 Å². The number of methoxy groups -OCH3 is 1. The summed E-state index contributed by atoms with van der Waals surface area (Å²) in [6.07, 6.45) is 4.49. The molecule has 2 aromatic rings. The van der Waals surface area contributed by atoms with E-state index in [-0.39, 0.29) is 11.8 Å². The van der Waals surface area contributed by atoms with Crippen LogP contribution in [0.1, 0.15) is 42.9 Å². The first-order valence-electron chi connectivity index (χ1n) is 10.4. The zero-order valence-electron chi connectivity index (χ0n) is 16.6. The average molecular weight is 379 g/mol. The Hall–Kier alpha value is -2.33. The summed E-state index contributed by atoms with van der Waals surface area (Å²) >= 11 is 0. The Morgan fingerprint density at radius 1 is 1.07 bits per heavy atom. The maximum absolute atomic E-state index is 12.7. The number of nitrogens with one attached hydrogen (secondary N) is 1. The molecule has 2 atom stereocenters. The first-order chi connectivity index (χ1) is 13.7. The minimum Gasteiger partial charge on any atom is -0.497 e. The molecular weight excluding hydrogens is 348 g/mol. The van der Waals surface area contributed by atoms with Crippen LogP contribution in [0.25, 0.3) is 0 Å². The van der Waals surface area contributed by atoms with E-state index in [1.54, 1.807) is 7.11 Å². The number of benzene rings is 2. The van der Waals surface area contributed by atoms with Crippen LogP contribution in [0.4, 0.5) is 0 Å². The summed E-state index contributed by atoms with van der Waals surface area (Å²) < 4.78 is 5.39. The fourth-order valence-corrected chi connectivity index (χ4v) is 4.20. The van der Waals surface area contributed by atoms with E-state index in [0.717, 1.165) is 44.1 Å². The van der Waals surface area contributed by atoms with E-state index in [4.69, 9.17) is 4.74 Å². The van der Waals surface area contributed by atoms with Crippen molar-refractivity contribution in [2.45, 2.75) is 38.3 Å². The van der Waals surface area contributed by atoms with Gasteiger partial charge in [-0.05, 0) is 54.9 Å². The molecule has 0 bridgehead atoms. The third-order valence-corrected chi connectivity index (χ3v) is 6.02. The van der Waals surface area contributed by atoms with Gasteiger partial charge in [-0.2, -0.15) is 0 Å². The molecule has 148 valence electrons. The highest BCUT2D eigenvalue weighted by atomic mass is 16.5. The number of piperidine rings is 1. The van der Waals surface area contributed by atoms with Gasteiger partial charge in [0.15, 0.2) is 0 Å². The Balaban J connectivity index is 1.49. The Morgan fingerprint density at radius 2 is 1.89 bits per heavy atom. The number of hydrogen-bond donors (Lipinski definition) is 1. The highest BCUT2D eigenvalue weighted by Crippen LogP contribution is 2.35. The molecule has 1 aliphatic heterocycles. The van der Waals surface area contributed by atoms with E-state index in [1.807, 2.05) is 12.1 Å². The second-order valence-electron chi connectivity index (χ2n) is 8.17. The molecule has 4 nitrogen and oxygen atoms in total. The predicted molar refractivity (Wildman–Crippen MR) is 111 cm³/mol. The minimum absolute atomic E-state index is 0.0734. The van der Waals surface area contributed by atoms with E-state index >= 15 is 0 Å². The third-order valence-electron chi connectivity index (χ3n) is 6.02. The highest BCUT2D eigenvalue weighted by Gasteiger charge is 2.33. The fourth-order valence-electron chi connectivity index (χ4n) is 4.20. The van der Waals surface area contributed by atoms with Crippen LogP contribution in [0.3, 0.4) is 0 Å². The number of amides is 1. The normalized spacial score (nSPS) is 22.6. The number of hydrogen-bond acceptors (Lipinski definition) is 3. The number of rotatable bonds is 7. The van der Waals surface area contributed by atoms with E-state index < -0.39 is 0 Å². The number of nitrogens with zero attached hydrogens (tertiary/aromatic N) is 1. The van der Waals surface area contributed by atoms with Crippen LogP contribution < -0.4 is 10.1 Å². The molecule has 2 aliphatic rings. The zero-order valence-corrected chi connectivity index (χ0v) is 16.6. The molecule has 1 heterocycles. The number of carbonyl (C=O) groups excluding carboxylic acids is 1. The van der Waals surface area contributed by atoms with Crippen molar-refractivity contribution in [1.82, 2.24) is 10.2 Å². The van der Waals surface area contributed by atoms with Gasteiger partial charge >= 0.3 is 0 Å². The smallest absolute Gasteiger partial charge is 0.224 e. The Morgan fingerprint density at radius 3 is 2.64 bits per heavy atom. The summed E-state index contributed by atoms with van der Waals surface area (Å²) in [7, 11) is 1.70. The molecule has 4 rings (SSSR count). The Labute approximate surface area is 167 Å². The van der Waals surface area contributed by atoms with Crippen molar-refractivity contribution < 1.29 is 9.53 Å². The topological polar surface area (TPSA) is 41.6 Å². The molecule has 28 heavy (non-hydrogen) atoms. The van der Waals surface area contributed by atoms with E-state index in [2.05, 4.69) is 52.7 Å². The van der Waals surface area contributed by atoms with Crippen LogP contribution >= 0.6 is 0 Å². The van der Waals surface area contributed by atoms with Gasteiger partial charge < -0.3 is 10.1 Å². The molecule has 0 spiro atoms. The average Bonchev–Trinajstić information content (AvgIpc) is 3.57. The maximum atomic E-state index is 12.7. The van der Waals surface area contributed by atoms with Crippen LogP contribution in [-0.2, 0) is 11.3 Å². The van der Waals surface area contributed by atoms with Crippen LogP contribution in [-0.4, -0.2) is 31.0 Å². The molecule has 1 saturated heterocycles. The predicted octanol–water partition coefficient (Wildman–Crippen LogP) is 4.17. The van der Waals surface area contributed by atoms with Gasteiger partial charge in [-0.15, -0.1) is 0 Å². The minimum atomic E-state index is 0.0734. The number of carbonyl (C=O) groups is 1. The quantitative estimate of drug-likeness (QED) is 0.786. The second-order valence-corrected chi connectivity index (χ2v) is 8.17. The SMILES string of the molecule is COc1cccc(CN2C[C@@H](C(=O)NCC3CC3)CC[C@H]2c2ccccc2)c1. The molecule has 2 fully saturated rings. The summed E-state index contributed by atoms with van der Waals surface area (Å²) in [4.78, 5) is 15.2. The molecule has 1 aliphatic carbocycles. The first-order valence-corrected chi connectivity index (χ1v) is 10.4. The molecule has 0 aromatic heterocycles. The van der Waals surface area contributed by atoms with Gasteiger partial charge in [-0.1, -0.05) is 42.5 Å². The third kappa shape index (κ3) is 4.74.